The first kappa shape index (κ1) is 13.3. The standard InChI is InChI=1S/C19H16N2/c1-15-9-5-6-12-17(15)18-13-7-8-14-19(18)21-20-16-10-3-2-4-11-16/h2-14H,1H3. The zero-order valence-electron chi connectivity index (χ0n) is 11.9. The Hall–Kier alpha value is -2.74. The number of rotatable bonds is 3. The summed E-state index contributed by atoms with van der Waals surface area (Å²) in [6.45, 7) is 2.11. The van der Waals surface area contributed by atoms with Crippen molar-refractivity contribution < 1.29 is 0 Å². The Bertz CT molecular complexity index is 761. The van der Waals surface area contributed by atoms with Crippen molar-refractivity contribution in [2.45, 2.75) is 6.92 Å². The quantitative estimate of drug-likeness (QED) is 0.516. The number of benzene rings is 3. The molecule has 0 fully saturated rings. The molecule has 0 saturated heterocycles. The van der Waals surface area contributed by atoms with E-state index in [4.69, 9.17) is 0 Å². The fourth-order valence-corrected chi connectivity index (χ4v) is 2.27. The highest BCUT2D eigenvalue weighted by Crippen LogP contribution is 2.33. The van der Waals surface area contributed by atoms with Crippen LogP contribution in [0.5, 0.6) is 0 Å². The molecule has 3 rings (SSSR count). The second-order valence-corrected chi connectivity index (χ2v) is 4.87. The maximum Gasteiger partial charge on any atom is 0.0935 e. The SMILES string of the molecule is Cc1ccccc1-c1ccccc1N=Nc1ccccc1. The molecule has 0 aromatic heterocycles. The van der Waals surface area contributed by atoms with Gasteiger partial charge in [0.15, 0.2) is 0 Å². The smallest absolute Gasteiger partial charge is 0.0935 e. The van der Waals surface area contributed by atoms with Crippen molar-refractivity contribution in [3.8, 4) is 11.1 Å². The Kier molecular flexibility index (Phi) is 3.88. The second kappa shape index (κ2) is 6.14. The van der Waals surface area contributed by atoms with Gasteiger partial charge in [-0.15, -0.1) is 5.11 Å². The van der Waals surface area contributed by atoms with E-state index in [2.05, 4.69) is 35.4 Å². The van der Waals surface area contributed by atoms with Crippen molar-refractivity contribution >= 4 is 11.4 Å². The molecule has 2 nitrogen and oxygen atoms in total. The van der Waals surface area contributed by atoms with Crippen LogP contribution in [0.25, 0.3) is 11.1 Å². The third kappa shape index (κ3) is 3.06. The molecule has 102 valence electrons. The van der Waals surface area contributed by atoms with Gasteiger partial charge in [-0.3, -0.25) is 0 Å². The molecule has 3 aromatic rings. The van der Waals surface area contributed by atoms with Crippen LogP contribution in [-0.4, -0.2) is 0 Å². The lowest BCUT2D eigenvalue weighted by Crippen LogP contribution is -1.82. The topological polar surface area (TPSA) is 24.7 Å². The van der Waals surface area contributed by atoms with Crippen molar-refractivity contribution in [3.63, 3.8) is 0 Å². The zero-order chi connectivity index (χ0) is 14.5. The molecular weight excluding hydrogens is 256 g/mol. The highest BCUT2D eigenvalue weighted by molar-refractivity contribution is 5.77. The van der Waals surface area contributed by atoms with E-state index in [1.54, 1.807) is 0 Å². The van der Waals surface area contributed by atoms with Gasteiger partial charge in [0.05, 0.1) is 11.4 Å². The predicted octanol–water partition coefficient (Wildman–Crippen LogP) is 6.08. The molecule has 0 spiro atoms. The van der Waals surface area contributed by atoms with Crippen LogP contribution in [0.2, 0.25) is 0 Å². The molecule has 0 bridgehead atoms. The van der Waals surface area contributed by atoms with Gasteiger partial charge in [-0.2, -0.15) is 5.11 Å². The first-order valence-electron chi connectivity index (χ1n) is 6.96. The molecule has 0 N–H and O–H groups in total. The van der Waals surface area contributed by atoms with Crippen LogP contribution in [0.3, 0.4) is 0 Å². The van der Waals surface area contributed by atoms with Crippen LogP contribution >= 0.6 is 0 Å². The summed E-state index contributed by atoms with van der Waals surface area (Å²) in [5.74, 6) is 0. The minimum Gasteiger partial charge on any atom is -0.151 e. The lowest BCUT2D eigenvalue weighted by atomic mass is 9.99. The van der Waals surface area contributed by atoms with Crippen LogP contribution in [0.1, 0.15) is 5.56 Å². The third-order valence-electron chi connectivity index (χ3n) is 3.37. The predicted molar refractivity (Wildman–Crippen MR) is 87.2 cm³/mol. The first-order valence-corrected chi connectivity index (χ1v) is 6.96. The minimum absolute atomic E-state index is 0.858. The fourth-order valence-electron chi connectivity index (χ4n) is 2.27. The largest absolute Gasteiger partial charge is 0.151 e. The first-order chi connectivity index (χ1) is 10.3. The number of aryl methyl sites for hydroxylation is 1. The molecule has 0 heterocycles. The molecular formula is C19H16N2. The molecule has 0 amide bonds. The highest BCUT2D eigenvalue weighted by Gasteiger charge is 2.06. The van der Waals surface area contributed by atoms with Crippen LogP contribution < -0.4 is 0 Å². The third-order valence-corrected chi connectivity index (χ3v) is 3.37. The Morgan fingerprint density at radius 1 is 0.571 bits per heavy atom. The van der Waals surface area contributed by atoms with E-state index >= 15 is 0 Å². The zero-order valence-corrected chi connectivity index (χ0v) is 11.9. The molecule has 0 aliphatic heterocycles. The summed E-state index contributed by atoms with van der Waals surface area (Å²) in [7, 11) is 0. The summed E-state index contributed by atoms with van der Waals surface area (Å²) in [4.78, 5) is 0. The Morgan fingerprint density at radius 2 is 1.19 bits per heavy atom. The summed E-state index contributed by atoms with van der Waals surface area (Å²) in [5, 5.41) is 8.74. The van der Waals surface area contributed by atoms with Gasteiger partial charge >= 0.3 is 0 Å². The maximum atomic E-state index is 4.42. The van der Waals surface area contributed by atoms with Crippen molar-refractivity contribution in [2.24, 2.45) is 10.2 Å². The molecule has 0 atom stereocenters. The molecule has 0 aliphatic rings. The van der Waals surface area contributed by atoms with Gasteiger partial charge in [0.1, 0.15) is 0 Å². The van der Waals surface area contributed by atoms with Crippen LogP contribution in [0, 0.1) is 6.92 Å². The molecule has 21 heavy (non-hydrogen) atoms. The van der Waals surface area contributed by atoms with E-state index in [1.165, 1.54) is 11.1 Å². The van der Waals surface area contributed by atoms with Gasteiger partial charge in [-0.1, -0.05) is 60.7 Å². The molecule has 0 radical (unpaired) electrons. The molecule has 2 heteroatoms. The van der Waals surface area contributed by atoms with E-state index in [9.17, 15) is 0 Å². The molecule has 0 unspecified atom stereocenters. The normalized spacial score (nSPS) is 10.9. The fraction of sp³-hybridized carbons (Fsp3) is 0.0526. The Balaban J connectivity index is 2.01. The number of azo groups is 1. The van der Waals surface area contributed by atoms with Crippen molar-refractivity contribution in [2.75, 3.05) is 0 Å². The van der Waals surface area contributed by atoms with Gasteiger partial charge in [-0.05, 0) is 36.2 Å². The number of nitrogens with zero attached hydrogens (tertiary/aromatic N) is 2. The Labute approximate surface area is 124 Å². The molecule has 0 saturated carbocycles. The van der Waals surface area contributed by atoms with Gasteiger partial charge in [-0.25, -0.2) is 0 Å². The maximum absolute atomic E-state index is 4.42. The van der Waals surface area contributed by atoms with Crippen molar-refractivity contribution in [1.29, 1.82) is 0 Å². The summed E-state index contributed by atoms with van der Waals surface area (Å²) in [6.07, 6.45) is 0. The van der Waals surface area contributed by atoms with Crippen molar-refractivity contribution in [1.82, 2.24) is 0 Å². The van der Waals surface area contributed by atoms with Gasteiger partial charge in [0, 0.05) is 5.56 Å². The highest BCUT2D eigenvalue weighted by atomic mass is 15.1. The lowest BCUT2D eigenvalue weighted by Gasteiger charge is -2.08. The van der Waals surface area contributed by atoms with E-state index in [1.807, 2.05) is 60.7 Å². The summed E-state index contributed by atoms with van der Waals surface area (Å²) in [5.41, 5.74) is 5.28. The van der Waals surface area contributed by atoms with Crippen LogP contribution in [0.15, 0.2) is 89.1 Å². The lowest BCUT2D eigenvalue weighted by molar-refractivity contribution is 1.23. The minimum atomic E-state index is 0.858. The van der Waals surface area contributed by atoms with Crippen molar-refractivity contribution in [3.05, 3.63) is 84.4 Å². The van der Waals surface area contributed by atoms with Gasteiger partial charge in [0.25, 0.3) is 0 Å². The number of hydrogen-bond donors (Lipinski definition) is 0. The molecule has 0 aliphatic carbocycles. The number of hydrogen-bond acceptors (Lipinski definition) is 2. The monoisotopic (exact) mass is 272 g/mol. The Morgan fingerprint density at radius 3 is 1.95 bits per heavy atom. The summed E-state index contributed by atoms with van der Waals surface area (Å²) >= 11 is 0. The summed E-state index contributed by atoms with van der Waals surface area (Å²) < 4.78 is 0. The van der Waals surface area contributed by atoms with Gasteiger partial charge < -0.3 is 0 Å². The van der Waals surface area contributed by atoms with Crippen LogP contribution in [0.4, 0.5) is 11.4 Å². The van der Waals surface area contributed by atoms with E-state index in [0.29, 0.717) is 0 Å². The van der Waals surface area contributed by atoms with E-state index < -0.39 is 0 Å². The summed E-state index contributed by atoms with van der Waals surface area (Å²) in [6, 6.07) is 26.2. The van der Waals surface area contributed by atoms with Crippen LogP contribution in [-0.2, 0) is 0 Å². The molecule has 3 aromatic carbocycles. The average molecular weight is 272 g/mol. The average Bonchev–Trinajstić information content (AvgIpc) is 2.55. The second-order valence-electron chi connectivity index (χ2n) is 4.87. The van der Waals surface area contributed by atoms with Gasteiger partial charge in [0.2, 0.25) is 0 Å². The van der Waals surface area contributed by atoms with E-state index in [-0.39, 0.29) is 0 Å². The van der Waals surface area contributed by atoms with E-state index in [0.717, 1.165) is 16.9 Å².